The van der Waals surface area contributed by atoms with E-state index in [4.69, 9.17) is 4.74 Å². The van der Waals surface area contributed by atoms with Crippen LogP contribution >= 0.6 is 0 Å². The summed E-state index contributed by atoms with van der Waals surface area (Å²) < 4.78 is 7.46. The van der Waals surface area contributed by atoms with Gasteiger partial charge in [-0.1, -0.05) is 0 Å². The Kier molecular flexibility index (Phi) is 7.10. The molecule has 1 fully saturated rings. The molecule has 0 saturated carbocycles. The Labute approximate surface area is 178 Å². The minimum atomic E-state index is -0.715. The summed E-state index contributed by atoms with van der Waals surface area (Å²) in [6.45, 7) is 4.27. The first-order valence-electron chi connectivity index (χ1n) is 10.6. The highest BCUT2D eigenvalue weighted by atomic mass is 16.5. The number of likely N-dealkylation sites (N-methyl/N-ethyl adjacent to an activating group) is 1. The van der Waals surface area contributed by atoms with Gasteiger partial charge in [0.1, 0.15) is 11.7 Å². The Morgan fingerprint density at radius 2 is 2.13 bits per heavy atom. The first kappa shape index (κ1) is 22.2. The predicted molar refractivity (Wildman–Crippen MR) is 116 cm³/mol. The SMILES string of the molecule is CN[C@@H](C)C(=O)N[C@H](C(=O)N1CCC[C@@H]1Cc1cn(C)c2ncccc12)C(C)OC. The zero-order valence-corrected chi connectivity index (χ0v) is 18.5. The van der Waals surface area contributed by atoms with Crippen molar-refractivity contribution in [3.05, 3.63) is 30.1 Å². The molecule has 0 aliphatic carbocycles. The van der Waals surface area contributed by atoms with E-state index in [9.17, 15) is 9.59 Å². The average Bonchev–Trinajstić information content (AvgIpc) is 3.35. The van der Waals surface area contributed by atoms with E-state index < -0.39 is 12.1 Å². The molecule has 8 heteroatoms. The molecule has 1 unspecified atom stereocenters. The van der Waals surface area contributed by atoms with Crippen LogP contribution in [0.25, 0.3) is 11.0 Å². The summed E-state index contributed by atoms with van der Waals surface area (Å²) in [5.74, 6) is -0.294. The Hall–Kier alpha value is -2.45. The summed E-state index contributed by atoms with van der Waals surface area (Å²) in [7, 11) is 5.27. The third-order valence-corrected chi connectivity index (χ3v) is 6.16. The van der Waals surface area contributed by atoms with Crippen LogP contribution in [0.2, 0.25) is 0 Å². The van der Waals surface area contributed by atoms with Gasteiger partial charge in [0.2, 0.25) is 11.8 Å². The standard InChI is InChI=1S/C22H33N5O3/c1-14(23-3)21(28)25-19(15(2)30-5)22(29)27-11-7-8-17(27)12-16-13-26(4)20-18(16)9-6-10-24-20/h6,9-10,13-15,17,19,23H,7-8,11-12H2,1-5H3,(H,25,28)/t14-,15?,17+,19-/m0/s1. The van der Waals surface area contributed by atoms with E-state index in [1.54, 1.807) is 27.3 Å². The van der Waals surface area contributed by atoms with E-state index in [1.807, 2.05) is 29.5 Å². The number of carbonyl (C=O) groups is 2. The van der Waals surface area contributed by atoms with Crippen molar-refractivity contribution in [1.29, 1.82) is 0 Å². The zero-order chi connectivity index (χ0) is 21.8. The molecule has 0 bridgehead atoms. The maximum absolute atomic E-state index is 13.5. The number of pyridine rings is 1. The predicted octanol–water partition coefficient (Wildman–Crippen LogP) is 1.23. The molecule has 4 atom stereocenters. The number of ether oxygens (including phenoxy) is 1. The Morgan fingerprint density at radius 3 is 2.83 bits per heavy atom. The van der Waals surface area contributed by atoms with Gasteiger partial charge in [-0.3, -0.25) is 9.59 Å². The van der Waals surface area contributed by atoms with Gasteiger partial charge in [-0.25, -0.2) is 4.98 Å². The number of likely N-dealkylation sites (tertiary alicyclic amines) is 1. The van der Waals surface area contributed by atoms with E-state index in [0.717, 1.165) is 30.3 Å². The first-order valence-corrected chi connectivity index (χ1v) is 10.6. The van der Waals surface area contributed by atoms with E-state index >= 15 is 0 Å². The molecule has 8 nitrogen and oxygen atoms in total. The lowest BCUT2D eigenvalue weighted by atomic mass is 10.0. The van der Waals surface area contributed by atoms with Crippen molar-refractivity contribution < 1.29 is 14.3 Å². The van der Waals surface area contributed by atoms with Crippen molar-refractivity contribution in [2.75, 3.05) is 20.7 Å². The number of amides is 2. The van der Waals surface area contributed by atoms with Crippen LogP contribution in [-0.4, -0.2) is 71.2 Å². The van der Waals surface area contributed by atoms with Crippen molar-refractivity contribution in [3.63, 3.8) is 0 Å². The summed E-state index contributed by atoms with van der Waals surface area (Å²) in [6.07, 6.45) is 6.14. The maximum atomic E-state index is 13.5. The number of aryl methyl sites for hydroxylation is 1. The van der Waals surface area contributed by atoms with Crippen molar-refractivity contribution in [1.82, 2.24) is 25.1 Å². The van der Waals surface area contributed by atoms with Gasteiger partial charge in [0.25, 0.3) is 0 Å². The smallest absolute Gasteiger partial charge is 0.248 e. The fourth-order valence-electron chi connectivity index (χ4n) is 4.15. The quantitative estimate of drug-likeness (QED) is 0.677. The van der Waals surface area contributed by atoms with Crippen molar-refractivity contribution in [3.8, 4) is 0 Å². The number of fused-ring (bicyclic) bond motifs is 1. The minimum Gasteiger partial charge on any atom is -0.379 e. The number of hydrogen-bond donors (Lipinski definition) is 2. The van der Waals surface area contributed by atoms with Crippen LogP contribution in [0.5, 0.6) is 0 Å². The summed E-state index contributed by atoms with van der Waals surface area (Å²) in [4.78, 5) is 32.3. The molecule has 2 N–H and O–H groups in total. The highest BCUT2D eigenvalue weighted by Gasteiger charge is 2.37. The van der Waals surface area contributed by atoms with Crippen LogP contribution in [0.15, 0.2) is 24.5 Å². The molecule has 1 aliphatic heterocycles. The van der Waals surface area contributed by atoms with Gasteiger partial charge in [-0.05, 0) is 57.9 Å². The number of nitrogens with zero attached hydrogens (tertiary/aromatic N) is 3. The number of methoxy groups -OCH3 is 1. The van der Waals surface area contributed by atoms with Crippen LogP contribution < -0.4 is 10.6 Å². The van der Waals surface area contributed by atoms with Gasteiger partial charge in [0.15, 0.2) is 0 Å². The van der Waals surface area contributed by atoms with Crippen LogP contribution in [0.3, 0.4) is 0 Å². The molecular formula is C22H33N5O3. The van der Waals surface area contributed by atoms with E-state index in [0.29, 0.717) is 6.54 Å². The molecule has 30 heavy (non-hydrogen) atoms. The van der Waals surface area contributed by atoms with Crippen molar-refractivity contribution >= 4 is 22.8 Å². The number of aromatic nitrogens is 2. The van der Waals surface area contributed by atoms with Gasteiger partial charge in [-0.15, -0.1) is 0 Å². The van der Waals surface area contributed by atoms with Gasteiger partial charge in [-0.2, -0.15) is 0 Å². The van der Waals surface area contributed by atoms with E-state index in [-0.39, 0.29) is 23.9 Å². The molecule has 0 radical (unpaired) electrons. The van der Waals surface area contributed by atoms with Crippen LogP contribution in [0.1, 0.15) is 32.3 Å². The lowest BCUT2D eigenvalue weighted by Crippen LogP contribution is -2.57. The number of rotatable bonds is 8. The molecule has 1 aliphatic rings. The fourth-order valence-corrected chi connectivity index (χ4v) is 4.15. The molecule has 1 saturated heterocycles. The molecule has 2 aromatic heterocycles. The summed E-state index contributed by atoms with van der Waals surface area (Å²) in [5.41, 5.74) is 2.14. The van der Waals surface area contributed by atoms with Gasteiger partial charge in [0, 0.05) is 44.5 Å². The Morgan fingerprint density at radius 1 is 1.37 bits per heavy atom. The molecule has 3 rings (SSSR count). The minimum absolute atomic E-state index is 0.0816. The van der Waals surface area contributed by atoms with Crippen LogP contribution in [0.4, 0.5) is 0 Å². The molecule has 164 valence electrons. The number of hydrogen-bond acceptors (Lipinski definition) is 5. The third kappa shape index (κ3) is 4.49. The summed E-state index contributed by atoms with van der Waals surface area (Å²) in [5, 5.41) is 6.91. The molecule has 3 heterocycles. The van der Waals surface area contributed by atoms with Crippen molar-refractivity contribution in [2.24, 2.45) is 7.05 Å². The molecule has 0 aromatic carbocycles. The Balaban J connectivity index is 1.79. The van der Waals surface area contributed by atoms with Gasteiger partial charge < -0.3 is 24.8 Å². The molecule has 0 spiro atoms. The summed E-state index contributed by atoms with van der Waals surface area (Å²) >= 11 is 0. The highest BCUT2D eigenvalue weighted by Crippen LogP contribution is 2.27. The average molecular weight is 416 g/mol. The summed E-state index contributed by atoms with van der Waals surface area (Å²) in [6, 6.07) is 3.01. The van der Waals surface area contributed by atoms with Gasteiger partial charge >= 0.3 is 0 Å². The lowest BCUT2D eigenvalue weighted by molar-refractivity contribution is -0.141. The number of nitrogens with one attached hydrogen (secondary N) is 2. The maximum Gasteiger partial charge on any atom is 0.248 e. The number of carbonyl (C=O) groups excluding carboxylic acids is 2. The second-order valence-electron chi connectivity index (χ2n) is 8.11. The normalized spacial score (nSPS) is 19.6. The second-order valence-corrected chi connectivity index (χ2v) is 8.11. The Bertz CT molecular complexity index is 896. The fraction of sp³-hybridized carbons (Fsp3) is 0.591. The lowest BCUT2D eigenvalue weighted by Gasteiger charge is -2.32. The molecule has 2 aromatic rings. The largest absolute Gasteiger partial charge is 0.379 e. The van der Waals surface area contributed by atoms with Gasteiger partial charge in [0.05, 0.1) is 12.1 Å². The van der Waals surface area contributed by atoms with Crippen LogP contribution in [0, 0.1) is 0 Å². The van der Waals surface area contributed by atoms with Crippen LogP contribution in [-0.2, 0) is 27.8 Å². The van der Waals surface area contributed by atoms with Crippen molar-refractivity contribution in [2.45, 2.75) is 57.3 Å². The first-order chi connectivity index (χ1) is 14.4. The monoisotopic (exact) mass is 415 g/mol. The highest BCUT2D eigenvalue weighted by molar-refractivity contribution is 5.90. The zero-order valence-electron chi connectivity index (χ0n) is 18.5. The topological polar surface area (TPSA) is 88.5 Å². The third-order valence-electron chi connectivity index (χ3n) is 6.16. The molecular weight excluding hydrogens is 382 g/mol. The second kappa shape index (κ2) is 9.57. The van der Waals surface area contributed by atoms with E-state index in [1.165, 1.54) is 5.56 Å². The van der Waals surface area contributed by atoms with E-state index in [2.05, 4.69) is 27.9 Å². The molecule has 2 amide bonds.